The summed E-state index contributed by atoms with van der Waals surface area (Å²) in [5, 5.41) is 11.8. The molecule has 0 saturated carbocycles. The lowest BCUT2D eigenvalue weighted by atomic mass is 9.98. The van der Waals surface area contributed by atoms with Crippen LogP contribution in [0.1, 0.15) is 36.5 Å². The molecule has 3 rings (SSSR count). The van der Waals surface area contributed by atoms with Gasteiger partial charge in [0.05, 0.1) is 5.60 Å². The SMILES string of the molecule is CC1(O)CCCN(C(=O)c2cnc3sccn3c2=O)CC1. The van der Waals surface area contributed by atoms with Crippen molar-refractivity contribution < 1.29 is 9.90 Å². The summed E-state index contributed by atoms with van der Waals surface area (Å²) in [7, 11) is 0. The molecule has 0 radical (unpaired) electrons. The molecule has 1 fully saturated rings. The number of thiazole rings is 1. The van der Waals surface area contributed by atoms with E-state index in [4.69, 9.17) is 0 Å². The first-order valence-electron chi connectivity index (χ1n) is 6.94. The number of nitrogens with zero attached hydrogens (tertiary/aromatic N) is 3. The van der Waals surface area contributed by atoms with Gasteiger partial charge in [-0.3, -0.25) is 14.0 Å². The van der Waals surface area contributed by atoms with Crippen molar-refractivity contribution in [1.29, 1.82) is 0 Å². The van der Waals surface area contributed by atoms with Gasteiger partial charge in [0.1, 0.15) is 5.56 Å². The topological polar surface area (TPSA) is 74.9 Å². The second kappa shape index (κ2) is 5.23. The lowest BCUT2D eigenvalue weighted by molar-refractivity contribution is 0.0437. The van der Waals surface area contributed by atoms with Gasteiger partial charge in [0.2, 0.25) is 0 Å². The summed E-state index contributed by atoms with van der Waals surface area (Å²) in [4.78, 5) is 31.2. The van der Waals surface area contributed by atoms with Crippen molar-refractivity contribution in [2.45, 2.75) is 31.8 Å². The van der Waals surface area contributed by atoms with Crippen molar-refractivity contribution in [3.63, 3.8) is 0 Å². The first-order chi connectivity index (χ1) is 9.98. The van der Waals surface area contributed by atoms with E-state index in [0.717, 1.165) is 6.42 Å². The molecule has 7 heteroatoms. The van der Waals surface area contributed by atoms with Gasteiger partial charge in [-0.2, -0.15) is 0 Å². The van der Waals surface area contributed by atoms with E-state index in [-0.39, 0.29) is 17.0 Å². The van der Waals surface area contributed by atoms with Crippen molar-refractivity contribution in [2.75, 3.05) is 13.1 Å². The zero-order chi connectivity index (χ0) is 15.0. The van der Waals surface area contributed by atoms with E-state index in [1.54, 1.807) is 23.4 Å². The summed E-state index contributed by atoms with van der Waals surface area (Å²) in [6.07, 6.45) is 4.90. The number of carbonyl (C=O) groups is 1. The average molecular weight is 307 g/mol. The molecule has 2 aromatic heterocycles. The smallest absolute Gasteiger partial charge is 0.271 e. The van der Waals surface area contributed by atoms with Crippen LogP contribution >= 0.6 is 11.3 Å². The van der Waals surface area contributed by atoms with Crippen LogP contribution in [0.5, 0.6) is 0 Å². The van der Waals surface area contributed by atoms with Crippen LogP contribution in [-0.2, 0) is 0 Å². The van der Waals surface area contributed by atoms with Crippen LogP contribution in [0.25, 0.3) is 4.96 Å². The predicted molar refractivity (Wildman–Crippen MR) is 79.7 cm³/mol. The van der Waals surface area contributed by atoms with Crippen LogP contribution in [-0.4, -0.2) is 44.0 Å². The Hall–Kier alpha value is -1.73. The van der Waals surface area contributed by atoms with E-state index in [2.05, 4.69) is 4.98 Å². The molecule has 1 atom stereocenters. The molecule has 3 heterocycles. The minimum atomic E-state index is -0.736. The standard InChI is InChI=1S/C14H17N3O3S/c1-14(20)3-2-5-16(6-4-14)11(18)10-9-15-13-17(12(10)19)7-8-21-13/h7-9,20H,2-6H2,1H3. The molecule has 1 N–H and O–H groups in total. The Kier molecular flexibility index (Phi) is 3.54. The number of aromatic nitrogens is 2. The number of hydrogen-bond acceptors (Lipinski definition) is 5. The van der Waals surface area contributed by atoms with Crippen molar-refractivity contribution >= 4 is 22.2 Å². The number of rotatable bonds is 1. The minimum absolute atomic E-state index is 0.0902. The maximum absolute atomic E-state index is 12.5. The highest BCUT2D eigenvalue weighted by molar-refractivity contribution is 7.15. The summed E-state index contributed by atoms with van der Waals surface area (Å²) in [6.45, 7) is 2.80. The molecule has 1 aliphatic heterocycles. The van der Waals surface area contributed by atoms with Crippen molar-refractivity contribution in [1.82, 2.24) is 14.3 Å². The number of hydrogen-bond donors (Lipinski definition) is 1. The third kappa shape index (κ3) is 2.71. The van der Waals surface area contributed by atoms with Crippen LogP contribution in [0.4, 0.5) is 0 Å². The van der Waals surface area contributed by atoms with E-state index < -0.39 is 5.60 Å². The van der Waals surface area contributed by atoms with Gasteiger partial charge in [-0.15, -0.1) is 11.3 Å². The highest BCUT2D eigenvalue weighted by Crippen LogP contribution is 2.22. The number of fused-ring (bicyclic) bond motifs is 1. The molecular weight excluding hydrogens is 290 g/mol. The number of amides is 1. The zero-order valence-electron chi connectivity index (χ0n) is 11.8. The van der Waals surface area contributed by atoms with Gasteiger partial charge in [-0.1, -0.05) is 0 Å². The summed E-state index contributed by atoms with van der Waals surface area (Å²) < 4.78 is 1.39. The van der Waals surface area contributed by atoms with E-state index in [1.165, 1.54) is 21.9 Å². The highest BCUT2D eigenvalue weighted by atomic mass is 32.1. The molecule has 1 amide bonds. The normalized spacial score (nSPS) is 23.2. The highest BCUT2D eigenvalue weighted by Gasteiger charge is 2.28. The summed E-state index contributed by atoms with van der Waals surface area (Å²) in [5.41, 5.74) is -0.977. The van der Waals surface area contributed by atoms with Gasteiger partial charge in [0.25, 0.3) is 11.5 Å². The fourth-order valence-corrected chi connectivity index (χ4v) is 3.28. The molecule has 0 aliphatic carbocycles. The molecule has 0 spiro atoms. The summed E-state index contributed by atoms with van der Waals surface area (Å²) in [5.74, 6) is -0.300. The van der Waals surface area contributed by atoms with Crippen LogP contribution in [0.15, 0.2) is 22.6 Å². The zero-order valence-corrected chi connectivity index (χ0v) is 12.6. The van der Waals surface area contributed by atoms with Crippen LogP contribution in [0, 0.1) is 0 Å². The van der Waals surface area contributed by atoms with Crippen LogP contribution in [0.3, 0.4) is 0 Å². The maximum Gasteiger partial charge on any atom is 0.271 e. The Balaban J connectivity index is 1.90. The van der Waals surface area contributed by atoms with E-state index in [9.17, 15) is 14.7 Å². The summed E-state index contributed by atoms with van der Waals surface area (Å²) in [6, 6.07) is 0. The molecule has 112 valence electrons. The van der Waals surface area contributed by atoms with Crippen LogP contribution in [0.2, 0.25) is 0 Å². The Bertz CT molecular complexity index is 734. The first kappa shape index (κ1) is 14.2. The molecule has 6 nitrogen and oxygen atoms in total. The molecule has 1 saturated heterocycles. The Morgan fingerprint density at radius 1 is 1.43 bits per heavy atom. The van der Waals surface area contributed by atoms with E-state index >= 15 is 0 Å². The lowest BCUT2D eigenvalue weighted by Gasteiger charge is -2.22. The largest absolute Gasteiger partial charge is 0.390 e. The molecule has 0 aromatic carbocycles. The number of carbonyl (C=O) groups excluding carboxylic acids is 1. The Labute approximate surface area is 125 Å². The van der Waals surface area contributed by atoms with Gasteiger partial charge in [-0.25, -0.2) is 4.98 Å². The maximum atomic E-state index is 12.5. The van der Waals surface area contributed by atoms with Gasteiger partial charge in [-0.05, 0) is 26.2 Å². The van der Waals surface area contributed by atoms with E-state index in [1.807, 2.05) is 0 Å². The summed E-state index contributed by atoms with van der Waals surface area (Å²) >= 11 is 1.35. The number of aliphatic hydroxyl groups is 1. The van der Waals surface area contributed by atoms with E-state index in [0.29, 0.717) is 30.9 Å². The Morgan fingerprint density at radius 3 is 3.05 bits per heavy atom. The van der Waals surface area contributed by atoms with Crippen molar-refractivity contribution in [3.8, 4) is 0 Å². The third-order valence-corrected chi connectivity index (χ3v) is 4.69. The molecular formula is C14H17N3O3S. The molecule has 2 aromatic rings. The first-order valence-corrected chi connectivity index (χ1v) is 7.82. The molecule has 21 heavy (non-hydrogen) atoms. The second-order valence-electron chi connectivity index (χ2n) is 5.68. The lowest BCUT2D eigenvalue weighted by Crippen LogP contribution is -2.37. The van der Waals surface area contributed by atoms with Gasteiger partial charge in [0, 0.05) is 30.9 Å². The average Bonchev–Trinajstić information content (AvgIpc) is 2.84. The fraction of sp³-hybridized carbons (Fsp3) is 0.500. The van der Waals surface area contributed by atoms with Crippen LogP contribution < -0.4 is 5.56 Å². The Morgan fingerprint density at radius 2 is 2.24 bits per heavy atom. The quantitative estimate of drug-likeness (QED) is 0.857. The predicted octanol–water partition coefficient (Wildman–Crippen LogP) is 1.13. The molecule has 1 unspecified atom stereocenters. The van der Waals surface area contributed by atoms with Crippen molar-refractivity contribution in [3.05, 3.63) is 33.7 Å². The van der Waals surface area contributed by atoms with Crippen molar-refractivity contribution in [2.24, 2.45) is 0 Å². The minimum Gasteiger partial charge on any atom is -0.390 e. The third-order valence-electron chi connectivity index (χ3n) is 3.92. The van der Waals surface area contributed by atoms with Gasteiger partial charge >= 0.3 is 0 Å². The fourth-order valence-electron chi connectivity index (χ4n) is 2.61. The monoisotopic (exact) mass is 307 g/mol. The second-order valence-corrected chi connectivity index (χ2v) is 6.55. The van der Waals surface area contributed by atoms with Gasteiger partial charge < -0.3 is 10.0 Å². The van der Waals surface area contributed by atoms with Gasteiger partial charge in [0.15, 0.2) is 4.96 Å². The number of likely N-dealkylation sites (tertiary alicyclic amines) is 1. The molecule has 0 bridgehead atoms. The molecule has 1 aliphatic rings.